The molecule has 0 aliphatic carbocycles. The Kier molecular flexibility index (Phi) is 4.58. The number of nitrogens with one attached hydrogen (secondary N) is 2. The van der Waals surface area contributed by atoms with E-state index in [0.29, 0.717) is 5.70 Å². The minimum Gasteiger partial charge on any atom is -0.462 e. The molecule has 0 saturated carbocycles. The molecule has 4 N–H and O–H groups in total. The predicted molar refractivity (Wildman–Crippen MR) is 50.3 cm³/mol. The van der Waals surface area contributed by atoms with Gasteiger partial charge in [-0.05, 0) is 13.8 Å². The zero-order chi connectivity index (χ0) is 10.4. The van der Waals surface area contributed by atoms with Gasteiger partial charge >= 0.3 is 5.97 Å². The molecule has 0 radical (unpaired) electrons. The SMILES string of the molecule is CCOC(=O)/C(C(=N)N)=C(\C)NC. The first-order valence-corrected chi connectivity index (χ1v) is 3.94. The van der Waals surface area contributed by atoms with Crippen molar-refractivity contribution in [1.82, 2.24) is 5.32 Å². The van der Waals surface area contributed by atoms with Crippen LogP contribution in [-0.4, -0.2) is 25.5 Å². The van der Waals surface area contributed by atoms with Gasteiger partial charge in [-0.1, -0.05) is 0 Å². The van der Waals surface area contributed by atoms with Crippen molar-refractivity contribution in [2.45, 2.75) is 13.8 Å². The Labute approximate surface area is 77.5 Å². The van der Waals surface area contributed by atoms with E-state index in [9.17, 15) is 4.79 Å². The van der Waals surface area contributed by atoms with Crippen LogP contribution in [0.15, 0.2) is 11.3 Å². The standard InChI is InChI=1S/C8H15N3O2/c1-4-13-8(12)6(7(9)10)5(2)11-3/h11H,4H2,1-3H3,(H3,9,10)/b6-5+. The number of rotatable bonds is 4. The minimum absolute atomic E-state index is 0.0874. The summed E-state index contributed by atoms with van der Waals surface area (Å²) in [5, 5.41) is 9.92. The number of ether oxygens (including phenoxy) is 1. The lowest BCUT2D eigenvalue weighted by Gasteiger charge is -2.08. The molecule has 0 amide bonds. The highest BCUT2D eigenvalue weighted by Gasteiger charge is 2.16. The Morgan fingerprint density at radius 2 is 2.15 bits per heavy atom. The lowest BCUT2D eigenvalue weighted by Crippen LogP contribution is -2.26. The first-order chi connectivity index (χ1) is 6.04. The Morgan fingerprint density at radius 3 is 2.46 bits per heavy atom. The van der Waals surface area contributed by atoms with E-state index in [1.54, 1.807) is 20.9 Å². The fourth-order valence-corrected chi connectivity index (χ4v) is 0.793. The first-order valence-electron chi connectivity index (χ1n) is 3.94. The van der Waals surface area contributed by atoms with Crippen LogP contribution in [0.2, 0.25) is 0 Å². The average molecular weight is 185 g/mol. The molecule has 0 spiro atoms. The number of nitrogens with two attached hydrogens (primary N) is 1. The lowest BCUT2D eigenvalue weighted by atomic mass is 10.2. The third-order valence-electron chi connectivity index (χ3n) is 1.50. The smallest absolute Gasteiger partial charge is 0.343 e. The zero-order valence-corrected chi connectivity index (χ0v) is 8.10. The highest BCUT2D eigenvalue weighted by atomic mass is 16.5. The van der Waals surface area contributed by atoms with Crippen LogP contribution < -0.4 is 11.1 Å². The van der Waals surface area contributed by atoms with E-state index < -0.39 is 5.97 Å². The topological polar surface area (TPSA) is 88.2 Å². The number of amidine groups is 1. The van der Waals surface area contributed by atoms with E-state index in [2.05, 4.69) is 5.32 Å². The van der Waals surface area contributed by atoms with Gasteiger partial charge in [-0.25, -0.2) is 4.79 Å². The molecule has 74 valence electrons. The number of carbonyl (C=O) groups excluding carboxylic acids is 1. The number of hydrogen-bond acceptors (Lipinski definition) is 4. The van der Waals surface area contributed by atoms with Gasteiger partial charge in [0, 0.05) is 12.7 Å². The van der Waals surface area contributed by atoms with Gasteiger partial charge in [0.15, 0.2) is 0 Å². The van der Waals surface area contributed by atoms with E-state index in [1.165, 1.54) is 0 Å². The Balaban J connectivity index is 4.82. The molecular weight excluding hydrogens is 170 g/mol. The molecule has 13 heavy (non-hydrogen) atoms. The van der Waals surface area contributed by atoms with Crippen molar-refractivity contribution < 1.29 is 9.53 Å². The van der Waals surface area contributed by atoms with E-state index >= 15 is 0 Å². The number of esters is 1. The highest BCUT2D eigenvalue weighted by Crippen LogP contribution is 2.02. The molecule has 0 rings (SSSR count). The van der Waals surface area contributed by atoms with Crippen LogP contribution >= 0.6 is 0 Å². The minimum atomic E-state index is -0.568. The molecule has 0 aliphatic rings. The van der Waals surface area contributed by atoms with Crippen LogP contribution in [0.1, 0.15) is 13.8 Å². The molecule has 0 fully saturated rings. The van der Waals surface area contributed by atoms with Gasteiger partial charge in [-0.2, -0.15) is 0 Å². The summed E-state index contributed by atoms with van der Waals surface area (Å²) < 4.78 is 4.73. The van der Waals surface area contributed by atoms with Crippen molar-refractivity contribution in [1.29, 1.82) is 5.41 Å². The molecule has 0 aromatic carbocycles. The second-order valence-electron chi connectivity index (χ2n) is 2.38. The molecule has 0 bridgehead atoms. The van der Waals surface area contributed by atoms with Crippen molar-refractivity contribution in [2.24, 2.45) is 5.73 Å². The van der Waals surface area contributed by atoms with Gasteiger partial charge in [-0.3, -0.25) is 5.41 Å². The number of allylic oxidation sites excluding steroid dienone is 1. The largest absolute Gasteiger partial charge is 0.462 e. The Hall–Kier alpha value is -1.52. The van der Waals surface area contributed by atoms with Crippen LogP contribution in [0.5, 0.6) is 0 Å². The van der Waals surface area contributed by atoms with E-state index in [0.717, 1.165) is 0 Å². The van der Waals surface area contributed by atoms with Gasteiger partial charge in [0.25, 0.3) is 0 Å². The summed E-state index contributed by atoms with van der Waals surface area (Å²) >= 11 is 0. The predicted octanol–water partition coefficient (Wildman–Crippen LogP) is -0.0211. The maximum Gasteiger partial charge on any atom is 0.343 e. The highest BCUT2D eigenvalue weighted by molar-refractivity contribution is 6.17. The summed E-state index contributed by atoms with van der Waals surface area (Å²) in [6.07, 6.45) is 0. The van der Waals surface area contributed by atoms with Crippen LogP contribution in [0.3, 0.4) is 0 Å². The summed E-state index contributed by atoms with van der Waals surface area (Å²) in [6, 6.07) is 0. The molecule has 5 heteroatoms. The fraction of sp³-hybridized carbons (Fsp3) is 0.500. The van der Waals surface area contributed by atoms with Crippen LogP contribution in [0, 0.1) is 5.41 Å². The van der Waals surface area contributed by atoms with E-state index in [-0.39, 0.29) is 18.0 Å². The number of carbonyl (C=O) groups is 1. The summed E-state index contributed by atoms with van der Waals surface area (Å²) in [4.78, 5) is 11.2. The summed E-state index contributed by atoms with van der Waals surface area (Å²) in [5.41, 5.74) is 5.85. The van der Waals surface area contributed by atoms with Crippen molar-refractivity contribution in [2.75, 3.05) is 13.7 Å². The second-order valence-corrected chi connectivity index (χ2v) is 2.38. The lowest BCUT2D eigenvalue weighted by molar-refractivity contribution is -0.137. The van der Waals surface area contributed by atoms with Gasteiger partial charge in [0.1, 0.15) is 11.4 Å². The zero-order valence-electron chi connectivity index (χ0n) is 8.10. The van der Waals surface area contributed by atoms with Crippen LogP contribution in [-0.2, 0) is 9.53 Å². The van der Waals surface area contributed by atoms with Gasteiger partial charge in [-0.15, -0.1) is 0 Å². The van der Waals surface area contributed by atoms with Crippen molar-refractivity contribution in [3.05, 3.63) is 11.3 Å². The Morgan fingerprint density at radius 1 is 1.62 bits per heavy atom. The number of hydrogen-bond donors (Lipinski definition) is 3. The monoisotopic (exact) mass is 185 g/mol. The normalized spacial score (nSPS) is 11.6. The van der Waals surface area contributed by atoms with Crippen LogP contribution in [0.4, 0.5) is 0 Å². The molecule has 0 aliphatic heterocycles. The Bertz CT molecular complexity index is 246. The second kappa shape index (κ2) is 5.18. The summed E-state index contributed by atoms with van der Waals surface area (Å²) in [5.74, 6) is -0.854. The quantitative estimate of drug-likeness (QED) is 0.248. The maximum atomic E-state index is 11.2. The van der Waals surface area contributed by atoms with E-state index in [4.69, 9.17) is 15.9 Å². The van der Waals surface area contributed by atoms with Crippen molar-refractivity contribution in [3.63, 3.8) is 0 Å². The molecule has 0 aromatic rings. The van der Waals surface area contributed by atoms with Crippen molar-refractivity contribution >= 4 is 11.8 Å². The average Bonchev–Trinajstić information content (AvgIpc) is 2.04. The first kappa shape index (κ1) is 11.5. The molecule has 0 unspecified atom stereocenters. The third-order valence-corrected chi connectivity index (χ3v) is 1.50. The maximum absolute atomic E-state index is 11.2. The molecular formula is C8H15N3O2. The van der Waals surface area contributed by atoms with Crippen molar-refractivity contribution in [3.8, 4) is 0 Å². The van der Waals surface area contributed by atoms with Gasteiger partial charge < -0.3 is 15.8 Å². The molecule has 0 heterocycles. The summed E-state index contributed by atoms with van der Waals surface area (Å²) in [6.45, 7) is 3.63. The summed E-state index contributed by atoms with van der Waals surface area (Å²) in [7, 11) is 1.65. The van der Waals surface area contributed by atoms with Gasteiger partial charge in [0.05, 0.1) is 6.61 Å². The molecule has 0 atom stereocenters. The van der Waals surface area contributed by atoms with Crippen LogP contribution in [0.25, 0.3) is 0 Å². The van der Waals surface area contributed by atoms with E-state index in [1.807, 2.05) is 0 Å². The third kappa shape index (κ3) is 3.14. The molecule has 0 saturated heterocycles. The molecule has 0 aromatic heterocycles. The van der Waals surface area contributed by atoms with Gasteiger partial charge in [0.2, 0.25) is 0 Å². The fourth-order valence-electron chi connectivity index (χ4n) is 0.793. The molecule has 5 nitrogen and oxygen atoms in total.